The summed E-state index contributed by atoms with van der Waals surface area (Å²) in [6, 6.07) is 0. The molecule has 3 heteroatoms. The standard InChI is InChI=1S/C15H29NO2/c1-2-16-13-15(9-5-3-4-6-10-15)18-12-14-8-7-11-17-14/h14,16H,2-13H2,1H3. The Morgan fingerprint density at radius 2 is 1.94 bits per heavy atom. The average molecular weight is 255 g/mol. The molecule has 1 saturated carbocycles. The van der Waals surface area contributed by atoms with Crippen molar-refractivity contribution in [3.63, 3.8) is 0 Å². The first kappa shape index (κ1) is 14.3. The Balaban J connectivity index is 1.85. The lowest BCUT2D eigenvalue weighted by Crippen LogP contribution is -2.44. The molecule has 1 N–H and O–H groups in total. The minimum absolute atomic E-state index is 0.0818. The van der Waals surface area contributed by atoms with Crippen LogP contribution in [0.1, 0.15) is 58.3 Å². The second-order valence-corrected chi connectivity index (χ2v) is 5.82. The first-order valence-electron chi connectivity index (χ1n) is 7.81. The molecule has 1 heterocycles. The predicted molar refractivity (Wildman–Crippen MR) is 73.9 cm³/mol. The smallest absolute Gasteiger partial charge is 0.0809 e. The van der Waals surface area contributed by atoms with Crippen molar-refractivity contribution >= 4 is 0 Å². The van der Waals surface area contributed by atoms with Gasteiger partial charge >= 0.3 is 0 Å². The van der Waals surface area contributed by atoms with Gasteiger partial charge in [-0.15, -0.1) is 0 Å². The summed E-state index contributed by atoms with van der Waals surface area (Å²) in [7, 11) is 0. The van der Waals surface area contributed by atoms with Gasteiger partial charge in [0.05, 0.1) is 18.3 Å². The molecule has 1 unspecified atom stereocenters. The predicted octanol–water partition coefficient (Wildman–Crippen LogP) is 2.88. The molecule has 0 aromatic heterocycles. The number of nitrogens with one attached hydrogen (secondary N) is 1. The van der Waals surface area contributed by atoms with Crippen molar-refractivity contribution in [1.29, 1.82) is 0 Å². The fraction of sp³-hybridized carbons (Fsp3) is 1.00. The monoisotopic (exact) mass is 255 g/mol. The van der Waals surface area contributed by atoms with Crippen molar-refractivity contribution in [1.82, 2.24) is 5.32 Å². The number of ether oxygens (including phenoxy) is 2. The van der Waals surface area contributed by atoms with Crippen molar-refractivity contribution < 1.29 is 9.47 Å². The van der Waals surface area contributed by atoms with Crippen LogP contribution in [0.5, 0.6) is 0 Å². The molecular formula is C15H29NO2. The van der Waals surface area contributed by atoms with E-state index in [4.69, 9.17) is 9.47 Å². The fourth-order valence-corrected chi connectivity index (χ4v) is 3.14. The van der Waals surface area contributed by atoms with Crippen LogP contribution < -0.4 is 5.32 Å². The molecule has 0 bridgehead atoms. The van der Waals surface area contributed by atoms with Gasteiger partial charge < -0.3 is 14.8 Å². The lowest BCUT2D eigenvalue weighted by atomic mass is 9.94. The summed E-state index contributed by atoms with van der Waals surface area (Å²) in [6.45, 7) is 5.94. The molecule has 1 atom stereocenters. The van der Waals surface area contributed by atoms with Crippen LogP contribution in [0.3, 0.4) is 0 Å². The third-order valence-electron chi connectivity index (χ3n) is 4.31. The van der Waals surface area contributed by atoms with Crippen LogP contribution in [0.2, 0.25) is 0 Å². The molecule has 1 aliphatic heterocycles. The van der Waals surface area contributed by atoms with Crippen molar-refractivity contribution in [2.45, 2.75) is 70.0 Å². The molecule has 0 radical (unpaired) electrons. The van der Waals surface area contributed by atoms with Gasteiger partial charge in [0, 0.05) is 13.2 Å². The van der Waals surface area contributed by atoms with Crippen LogP contribution in [-0.2, 0) is 9.47 Å². The van der Waals surface area contributed by atoms with E-state index in [1.807, 2.05) is 0 Å². The zero-order chi connectivity index (χ0) is 12.7. The van der Waals surface area contributed by atoms with Gasteiger partial charge in [-0.3, -0.25) is 0 Å². The highest BCUT2D eigenvalue weighted by atomic mass is 16.5. The van der Waals surface area contributed by atoms with Crippen molar-refractivity contribution in [2.24, 2.45) is 0 Å². The molecule has 2 aliphatic rings. The van der Waals surface area contributed by atoms with Crippen LogP contribution in [0.4, 0.5) is 0 Å². The van der Waals surface area contributed by atoms with Crippen molar-refractivity contribution in [3.05, 3.63) is 0 Å². The van der Waals surface area contributed by atoms with E-state index in [1.165, 1.54) is 51.4 Å². The SMILES string of the molecule is CCNCC1(OCC2CCCO2)CCCCCC1. The first-order valence-corrected chi connectivity index (χ1v) is 7.81. The van der Waals surface area contributed by atoms with Gasteiger partial charge in [0.25, 0.3) is 0 Å². The molecule has 0 aromatic rings. The van der Waals surface area contributed by atoms with E-state index in [0.717, 1.165) is 26.3 Å². The molecule has 2 rings (SSSR count). The van der Waals surface area contributed by atoms with E-state index < -0.39 is 0 Å². The van der Waals surface area contributed by atoms with Crippen LogP contribution >= 0.6 is 0 Å². The number of hydrogen-bond donors (Lipinski definition) is 1. The highest BCUT2D eigenvalue weighted by Crippen LogP contribution is 2.31. The van der Waals surface area contributed by atoms with Gasteiger partial charge in [0.2, 0.25) is 0 Å². The minimum atomic E-state index is 0.0818. The topological polar surface area (TPSA) is 30.5 Å². The summed E-state index contributed by atoms with van der Waals surface area (Å²) >= 11 is 0. The Bertz CT molecular complexity index is 219. The zero-order valence-electron chi connectivity index (χ0n) is 11.9. The number of likely N-dealkylation sites (N-methyl/N-ethyl adjacent to an activating group) is 1. The Kier molecular flexibility index (Phi) is 5.93. The molecule has 1 aliphatic carbocycles. The maximum Gasteiger partial charge on any atom is 0.0809 e. The quantitative estimate of drug-likeness (QED) is 0.740. The number of hydrogen-bond acceptors (Lipinski definition) is 3. The summed E-state index contributed by atoms with van der Waals surface area (Å²) < 4.78 is 12.0. The van der Waals surface area contributed by atoms with Crippen LogP contribution in [0, 0.1) is 0 Å². The second-order valence-electron chi connectivity index (χ2n) is 5.82. The molecule has 18 heavy (non-hydrogen) atoms. The fourth-order valence-electron chi connectivity index (χ4n) is 3.14. The van der Waals surface area contributed by atoms with Gasteiger partial charge in [-0.05, 0) is 32.2 Å². The maximum absolute atomic E-state index is 6.35. The summed E-state index contributed by atoms with van der Waals surface area (Å²) in [5, 5.41) is 3.50. The molecular weight excluding hydrogens is 226 g/mol. The molecule has 0 spiro atoms. The average Bonchev–Trinajstić information content (AvgIpc) is 2.81. The minimum Gasteiger partial charge on any atom is -0.376 e. The lowest BCUT2D eigenvalue weighted by Gasteiger charge is -2.34. The summed E-state index contributed by atoms with van der Waals surface area (Å²) in [5.41, 5.74) is 0.0818. The Labute approximate surface area is 112 Å². The summed E-state index contributed by atoms with van der Waals surface area (Å²) in [4.78, 5) is 0. The lowest BCUT2D eigenvalue weighted by molar-refractivity contribution is -0.0904. The molecule has 106 valence electrons. The molecule has 2 fully saturated rings. The molecule has 3 nitrogen and oxygen atoms in total. The largest absolute Gasteiger partial charge is 0.376 e. The van der Waals surface area contributed by atoms with Gasteiger partial charge in [-0.25, -0.2) is 0 Å². The van der Waals surface area contributed by atoms with E-state index in [0.29, 0.717) is 6.10 Å². The van der Waals surface area contributed by atoms with Gasteiger partial charge in [-0.2, -0.15) is 0 Å². The molecule has 0 amide bonds. The second kappa shape index (κ2) is 7.46. The Morgan fingerprint density at radius 3 is 2.56 bits per heavy atom. The van der Waals surface area contributed by atoms with Crippen LogP contribution in [0.25, 0.3) is 0 Å². The summed E-state index contributed by atoms with van der Waals surface area (Å²) in [5.74, 6) is 0. The van der Waals surface area contributed by atoms with E-state index >= 15 is 0 Å². The van der Waals surface area contributed by atoms with E-state index in [1.54, 1.807) is 0 Å². The molecule has 0 aromatic carbocycles. The van der Waals surface area contributed by atoms with Crippen molar-refractivity contribution in [3.8, 4) is 0 Å². The van der Waals surface area contributed by atoms with Gasteiger partial charge in [0.1, 0.15) is 0 Å². The van der Waals surface area contributed by atoms with E-state index in [-0.39, 0.29) is 5.60 Å². The maximum atomic E-state index is 6.35. The first-order chi connectivity index (χ1) is 8.85. The van der Waals surface area contributed by atoms with Crippen LogP contribution in [-0.4, -0.2) is 38.0 Å². The van der Waals surface area contributed by atoms with Gasteiger partial charge in [-0.1, -0.05) is 32.6 Å². The highest BCUT2D eigenvalue weighted by molar-refractivity contribution is 4.86. The Hall–Kier alpha value is -0.120. The van der Waals surface area contributed by atoms with Crippen LogP contribution in [0.15, 0.2) is 0 Å². The van der Waals surface area contributed by atoms with Crippen molar-refractivity contribution in [2.75, 3.05) is 26.3 Å². The number of rotatable bonds is 6. The van der Waals surface area contributed by atoms with E-state index in [2.05, 4.69) is 12.2 Å². The highest BCUT2D eigenvalue weighted by Gasteiger charge is 2.32. The zero-order valence-corrected chi connectivity index (χ0v) is 11.9. The Morgan fingerprint density at radius 1 is 1.17 bits per heavy atom. The normalized spacial score (nSPS) is 28.2. The van der Waals surface area contributed by atoms with Gasteiger partial charge in [0.15, 0.2) is 0 Å². The summed E-state index contributed by atoms with van der Waals surface area (Å²) in [6.07, 6.45) is 10.5. The molecule has 1 saturated heterocycles. The third kappa shape index (κ3) is 4.22. The van der Waals surface area contributed by atoms with E-state index in [9.17, 15) is 0 Å². The third-order valence-corrected chi connectivity index (χ3v) is 4.31.